The molecule has 2 rings (SSSR count). The summed E-state index contributed by atoms with van der Waals surface area (Å²) in [4.78, 5) is 0. The third-order valence-electron chi connectivity index (χ3n) is 3.62. The van der Waals surface area contributed by atoms with E-state index in [0.29, 0.717) is 0 Å². The summed E-state index contributed by atoms with van der Waals surface area (Å²) in [5.41, 5.74) is 6.75. The molecule has 0 bridgehead atoms. The molecule has 0 atom stereocenters. The van der Waals surface area contributed by atoms with Crippen molar-refractivity contribution in [1.29, 1.82) is 0 Å². The normalized spacial score (nSPS) is 10.5. The first kappa shape index (κ1) is 13.7. The molecule has 100 valence electrons. The molecule has 2 aromatic carbocycles. The summed E-state index contributed by atoms with van der Waals surface area (Å²) in [6.45, 7) is 6.68. The predicted molar refractivity (Wildman–Crippen MR) is 84.3 cm³/mol. The van der Waals surface area contributed by atoms with Gasteiger partial charge in [0, 0.05) is 11.4 Å². The lowest BCUT2D eigenvalue weighted by atomic mass is 9.97. The Labute approximate surface area is 116 Å². The largest absolute Gasteiger partial charge is 0.355 e. The number of para-hydroxylation sites is 1. The van der Waals surface area contributed by atoms with Crippen molar-refractivity contribution in [3.63, 3.8) is 0 Å². The minimum absolute atomic E-state index is 1.06. The third kappa shape index (κ3) is 3.17. The maximum atomic E-state index is 3.55. The minimum atomic E-state index is 1.06. The van der Waals surface area contributed by atoms with E-state index in [1.165, 1.54) is 22.4 Å². The van der Waals surface area contributed by atoms with Gasteiger partial charge in [-0.1, -0.05) is 45.0 Å². The van der Waals surface area contributed by atoms with Crippen LogP contribution in [0, 0.1) is 0 Å². The molecule has 0 spiro atoms. The first-order valence-corrected chi connectivity index (χ1v) is 7.25. The van der Waals surface area contributed by atoms with Gasteiger partial charge in [-0.05, 0) is 54.2 Å². The van der Waals surface area contributed by atoms with Gasteiger partial charge in [0.05, 0.1) is 0 Å². The molecule has 0 amide bonds. The zero-order valence-electron chi connectivity index (χ0n) is 12.2. The topological polar surface area (TPSA) is 12.0 Å². The van der Waals surface area contributed by atoms with Crippen molar-refractivity contribution in [3.05, 3.63) is 59.2 Å². The summed E-state index contributed by atoms with van der Waals surface area (Å²) in [7, 11) is 0. The second-order valence-corrected chi connectivity index (χ2v) is 4.83. The van der Waals surface area contributed by atoms with Crippen molar-refractivity contribution in [2.24, 2.45) is 0 Å². The van der Waals surface area contributed by atoms with E-state index in [-0.39, 0.29) is 0 Å². The average molecular weight is 253 g/mol. The molecule has 0 fully saturated rings. The molecule has 19 heavy (non-hydrogen) atoms. The van der Waals surface area contributed by atoms with Crippen LogP contribution in [0.4, 0.5) is 11.4 Å². The first-order chi connectivity index (χ1) is 9.28. The summed E-state index contributed by atoms with van der Waals surface area (Å²) in [5, 5.41) is 3.55. The van der Waals surface area contributed by atoms with Crippen LogP contribution in [0.15, 0.2) is 42.5 Å². The van der Waals surface area contributed by atoms with E-state index < -0.39 is 0 Å². The monoisotopic (exact) mass is 253 g/mol. The number of aryl methyl sites for hydroxylation is 3. The van der Waals surface area contributed by atoms with E-state index >= 15 is 0 Å². The Morgan fingerprint density at radius 3 is 1.89 bits per heavy atom. The first-order valence-electron chi connectivity index (χ1n) is 7.25. The van der Waals surface area contributed by atoms with Gasteiger partial charge < -0.3 is 5.32 Å². The van der Waals surface area contributed by atoms with Crippen LogP contribution in [0.1, 0.15) is 37.5 Å². The summed E-state index contributed by atoms with van der Waals surface area (Å²) in [5.74, 6) is 0. The van der Waals surface area contributed by atoms with Crippen LogP contribution in [0.2, 0.25) is 0 Å². The van der Waals surface area contributed by atoms with Crippen molar-refractivity contribution in [2.75, 3.05) is 5.32 Å². The maximum absolute atomic E-state index is 3.55. The van der Waals surface area contributed by atoms with E-state index in [9.17, 15) is 0 Å². The highest BCUT2D eigenvalue weighted by Crippen LogP contribution is 2.26. The van der Waals surface area contributed by atoms with Gasteiger partial charge in [-0.2, -0.15) is 0 Å². The highest BCUT2D eigenvalue weighted by molar-refractivity contribution is 5.65. The molecule has 2 aromatic rings. The van der Waals surface area contributed by atoms with Gasteiger partial charge in [0.25, 0.3) is 0 Å². The molecular weight excluding hydrogens is 230 g/mol. The standard InChI is InChI=1S/C18H23N/c1-4-14-12-16(6-3)18(13-15(14)5-2)19-17-10-8-7-9-11-17/h7-13,19H,4-6H2,1-3H3. The third-order valence-corrected chi connectivity index (χ3v) is 3.62. The smallest absolute Gasteiger partial charge is 0.0419 e. The number of nitrogens with one attached hydrogen (secondary N) is 1. The second-order valence-electron chi connectivity index (χ2n) is 4.83. The number of benzene rings is 2. The SMILES string of the molecule is CCc1cc(CC)c(Nc2ccccc2)cc1CC. The highest BCUT2D eigenvalue weighted by Gasteiger charge is 2.07. The lowest BCUT2D eigenvalue weighted by Gasteiger charge is -2.16. The molecule has 0 aliphatic carbocycles. The second kappa shape index (κ2) is 6.42. The Hall–Kier alpha value is -1.76. The van der Waals surface area contributed by atoms with Gasteiger partial charge in [-0.25, -0.2) is 0 Å². The Morgan fingerprint density at radius 1 is 0.737 bits per heavy atom. The van der Waals surface area contributed by atoms with Gasteiger partial charge in [0.15, 0.2) is 0 Å². The average Bonchev–Trinajstić information content (AvgIpc) is 2.47. The fraction of sp³-hybridized carbons (Fsp3) is 0.333. The zero-order valence-corrected chi connectivity index (χ0v) is 12.2. The summed E-state index contributed by atoms with van der Waals surface area (Å²) in [6.07, 6.45) is 3.27. The Morgan fingerprint density at radius 2 is 1.32 bits per heavy atom. The van der Waals surface area contributed by atoms with Crippen molar-refractivity contribution in [3.8, 4) is 0 Å². The van der Waals surface area contributed by atoms with Crippen LogP contribution < -0.4 is 5.32 Å². The number of anilines is 2. The summed E-state index contributed by atoms with van der Waals surface area (Å²) in [6, 6.07) is 15.1. The molecule has 0 unspecified atom stereocenters. The van der Waals surface area contributed by atoms with Crippen LogP contribution >= 0.6 is 0 Å². The molecule has 0 radical (unpaired) electrons. The minimum Gasteiger partial charge on any atom is -0.355 e. The van der Waals surface area contributed by atoms with Crippen molar-refractivity contribution in [1.82, 2.24) is 0 Å². The summed E-state index contributed by atoms with van der Waals surface area (Å²) >= 11 is 0. The van der Waals surface area contributed by atoms with Crippen molar-refractivity contribution in [2.45, 2.75) is 40.0 Å². The number of hydrogen-bond acceptors (Lipinski definition) is 1. The molecule has 0 saturated heterocycles. The van der Waals surface area contributed by atoms with Gasteiger partial charge in [0.1, 0.15) is 0 Å². The Bertz CT molecular complexity index is 529. The molecule has 1 heteroatoms. The van der Waals surface area contributed by atoms with Crippen LogP contribution in [0.5, 0.6) is 0 Å². The fourth-order valence-electron chi connectivity index (χ4n) is 2.48. The molecule has 0 aromatic heterocycles. The molecule has 1 nitrogen and oxygen atoms in total. The van der Waals surface area contributed by atoms with Crippen LogP contribution in [-0.4, -0.2) is 0 Å². The van der Waals surface area contributed by atoms with E-state index in [4.69, 9.17) is 0 Å². The Balaban J connectivity index is 2.38. The van der Waals surface area contributed by atoms with Crippen molar-refractivity contribution < 1.29 is 0 Å². The van der Waals surface area contributed by atoms with E-state index in [2.05, 4.69) is 62.5 Å². The van der Waals surface area contributed by atoms with Gasteiger partial charge >= 0.3 is 0 Å². The quantitative estimate of drug-likeness (QED) is 0.780. The highest BCUT2D eigenvalue weighted by atomic mass is 14.9. The molecule has 0 aliphatic heterocycles. The fourth-order valence-corrected chi connectivity index (χ4v) is 2.48. The molecule has 1 N–H and O–H groups in total. The maximum Gasteiger partial charge on any atom is 0.0419 e. The van der Waals surface area contributed by atoms with Crippen molar-refractivity contribution >= 4 is 11.4 Å². The molecule has 0 heterocycles. The number of rotatable bonds is 5. The van der Waals surface area contributed by atoms with Crippen LogP contribution in [-0.2, 0) is 19.3 Å². The molecule has 0 saturated carbocycles. The van der Waals surface area contributed by atoms with E-state index in [1.807, 2.05) is 6.07 Å². The number of hydrogen-bond donors (Lipinski definition) is 1. The zero-order chi connectivity index (χ0) is 13.7. The van der Waals surface area contributed by atoms with E-state index in [0.717, 1.165) is 24.9 Å². The molecule has 0 aliphatic rings. The van der Waals surface area contributed by atoms with Crippen LogP contribution in [0.25, 0.3) is 0 Å². The van der Waals surface area contributed by atoms with Gasteiger partial charge in [-0.3, -0.25) is 0 Å². The van der Waals surface area contributed by atoms with E-state index in [1.54, 1.807) is 0 Å². The lowest BCUT2D eigenvalue weighted by Crippen LogP contribution is -2.00. The van der Waals surface area contributed by atoms with Crippen LogP contribution in [0.3, 0.4) is 0 Å². The van der Waals surface area contributed by atoms with Gasteiger partial charge in [-0.15, -0.1) is 0 Å². The predicted octanol–water partition coefficient (Wildman–Crippen LogP) is 5.12. The van der Waals surface area contributed by atoms with Gasteiger partial charge in [0.2, 0.25) is 0 Å². The lowest BCUT2D eigenvalue weighted by molar-refractivity contribution is 1.02. The summed E-state index contributed by atoms with van der Waals surface area (Å²) < 4.78 is 0. The Kier molecular flexibility index (Phi) is 4.62. The molecular formula is C18H23N.